The van der Waals surface area contributed by atoms with Crippen molar-refractivity contribution in [2.75, 3.05) is 31.1 Å². The Bertz CT molecular complexity index is 473. The summed E-state index contributed by atoms with van der Waals surface area (Å²) in [7, 11) is 0. The number of halogens is 1. The van der Waals surface area contributed by atoms with E-state index >= 15 is 0 Å². The highest BCUT2D eigenvalue weighted by Crippen LogP contribution is 2.29. The van der Waals surface area contributed by atoms with Gasteiger partial charge in [0.15, 0.2) is 0 Å². The number of hydrogen-bond acceptors (Lipinski definition) is 5. The average molecular weight is 269 g/mol. The molecular weight excluding hydrogens is 253 g/mol. The van der Waals surface area contributed by atoms with Gasteiger partial charge in [0.2, 0.25) is 0 Å². The molecule has 104 valence electrons. The molecule has 0 aliphatic carbocycles. The van der Waals surface area contributed by atoms with Crippen LogP contribution in [0.1, 0.15) is 6.92 Å². The van der Waals surface area contributed by atoms with Crippen molar-refractivity contribution in [3.05, 3.63) is 34.1 Å². The van der Waals surface area contributed by atoms with Gasteiger partial charge < -0.3 is 10.0 Å². The van der Waals surface area contributed by atoms with Crippen molar-refractivity contribution in [3.8, 4) is 0 Å². The summed E-state index contributed by atoms with van der Waals surface area (Å²) in [4.78, 5) is 14.1. The molecule has 0 radical (unpaired) electrons. The van der Waals surface area contributed by atoms with Crippen molar-refractivity contribution in [2.45, 2.75) is 13.2 Å². The quantitative estimate of drug-likeness (QED) is 0.659. The fourth-order valence-corrected chi connectivity index (χ4v) is 2.24. The van der Waals surface area contributed by atoms with Crippen LogP contribution in [0.25, 0.3) is 0 Å². The Hall–Kier alpha value is -1.73. The predicted molar refractivity (Wildman–Crippen MR) is 68.5 cm³/mol. The van der Waals surface area contributed by atoms with E-state index in [-0.39, 0.29) is 5.69 Å². The Kier molecular flexibility index (Phi) is 3.96. The summed E-state index contributed by atoms with van der Waals surface area (Å²) in [5, 5.41) is 20.4. The molecule has 1 aliphatic heterocycles. The molecule has 0 saturated carbocycles. The number of aliphatic hydroxyl groups excluding tert-OH is 1. The van der Waals surface area contributed by atoms with E-state index in [4.69, 9.17) is 0 Å². The van der Waals surface area contributed by atoms with Gasteiger partial charge in [-0.05, 0) is 13.0 Å². The molecule has 2 rings (SSSR count). The third-order valence-corrected chi connectivity index (χ3v) is 3.32. The number of nitrogens with zero attached hydrogens (tertiary/aromatic N) is 3. The van der Waals surface area contributed by atoms with E-state index in [1.165, 1.54) is 12.1 Å². The Morgan fingerprint density at radius 1 is 1.37 bits per heavy atom. The van der Waals surface area contributed by atoms with Crippen molar-refractivity contribution in [1.82, 2.24) is 4.90 Å². The number of rotatable bonds is 3. The lowest BCUT2D eigenvalue weighted by atomic mass is 10.2. The lowest BCUT2D eigenvalue weighted by Crippen LogP contribution is -2.49. The second-order valence-electron chi connectivity index (χ2n) is 4.55. The SMILES string of the molecule is CC(O)N1CCN(c2cc(F)ccc2[N+](=O)[O-])CC1. The fraction of sp³-hybridized carbons (Fsp3) is 0.500. The van der Waals surface area contributed by atoms with Crippen LogP contribution >= 0.6 is 0 Å². The second-order valence-corrected chi connectivity index (χ2v) is 4.55. The zero-order valence-electron chi connectivity index (χ0n) is 10.6. The molecule has 0 spiro atoms. The van der Waals surface area contributed by atoms with Crippen LogP contribution < -0.4 is 4.90 Å². The van der Waals surface area contributed by atoms with Crippen molar-refractivity contribution in [1.29, 1.82) is 0 Å². The minimum atomic E-state index is -0.537. The summed E-state index contributed by atoms with van der Waals surface area (Å²) in [5.74, 6) is -0.487. The van der Waals surface area contributed by atoms with E-state index in [0.717, 1.165) is 6.07 Å². The first-order valence-corrected chi connectivity index (χ1v) is 6.10. The van der Waals surface area contributed by atoms with E-state index < -0.39 is 17.0 Å². The van der Waals surface area contributed by atoms with Crippen molar-refractivity contribution < 1.29 is 14.4 Å². The average Bonchev–Trinajstić information content (AvgIpc) is 2.38. The highest BCUT2D eigenvalue weighted by molar-refractivity contribution is 5.63. The standard InChI is InChI=1S/C12H16FN3O3/c1-9(17)14-4-6-15(7-5-14)12-8-10(13)2-3-11(12)16(18)19/h2-3,8-9,17H,4-7H2,1H3. The molecule has 1 aromatic rings. The van der Waals surface area contributed by atoms with Gasteiger partial charge in [-0.2, -0.15) is 0 Å². The molecule has 1 N–H and O–H groups in total. The summed E-state index contributed by atoms with van der Waals surface area (Å²) < 4.78 is 13.3. The highest BCUT2D eigenvalue weighted by atomic mass is 19.1. The zero-order valence-corrected chi connectivity index (χ0v) is 10.6. The molecule has 1 fully saturated rings. The van der Waals surface area contributed by atoms with Crippen LogP contribution in [0.3, 0.4) is 0 Å². The lowest BCUT2D eigenvalue weighted by molar-refractivity contribution is -0.384. The number of hydrogen-bond donors (Lipinski definition) is 1. The Morgan fingerprint density at radius 3 is 2.53 bits per heavy atom. The molecule has 0 bridgehead atoms. The number of aliphatic hydroxyl groups is 1. The molecule has 6 nitrogen and oxygen atoms in total. The van der Waals surface area contributed by atoms with Crippen LogP contribution in [0.2, 0.25) is 0 Å². The van der Waals surface area contributed by atoms with Crippen molar-refractivity contribution in [3.63, 3.8) is 0 Å². The first kappa shape index (κ1) is 13.7. The van der Waals surface area contributed by atoms with Crippen LogP contribution in [0.15, 0.2) is 18.2 Å². The van der Waals surface area contributed by atoms with Gasteiger partial charge in [-0.3, -0.25) is 15.0 Å². The van der Waals surface area contributed by atoms with Gasteiger partial charge in [-0.1, -0.05) is 0 Å². The van der Waals surface area contributed by atoms with Gasteiger partial charge in [0.1, 0.15) is 17.7 Å². The Labute approximate surface area is 110 Å². The van der Waals surface area contributed by atoms with E-state index in [0.29, 0.717) is 31.9 Å². The topological polar surface area (TPSA) is 69.8 Å². The first-order valence-electron chi connectivity index (χ1n) is 6.10. The maximum absolute atomic E-state index is 13.3. The Balaban J connectivity index is 2.19. The molecule has 1 unspecified atom stereocenters. The predicted octanol–water partition coefficient (Wildman–Crippen LogP) is 1.19. The monoisotopic (exact) mass is 269 g/mol. The summed E-state index contributed by atoms with van der Waals surface area (Å²) in [6, 6.07) is 3.47. The first-order chi connectivity index (χ1) is 8.99. The number of benzene rings is 1. The van der Waals surface area contributed by atoms with Crippen LogP contribution in [0.5, 0.6) is 0 Å². The van der Waals surface area contributed by atoms with Crippen LogP contribution in [-0.2, 0) is 0 Å². The highest BCUT2D eigenvalue weighted by Gasteiger charge is 2.25. The molecule has 0 amide bonds. The van der Waals surface area contributed by atoms with E-state index in [9.17, 15) is 19.6 Å². The smallest absolute Gasteiger partial charge is 0.292 e. The van der Waals surface area contributed by atoms with Gasteiger partial charge in [-0.25, -0.2) is 4.39 Å². The van der Waals surface area contributed by atoms with E-state index in [1.807, 2.05) is 4.90 Å². The number of piperazine rings is 1. The zero-order chi connectivity index (χ0) is 14.0. The second kappa shape index (κ2) is 5.50. The van der Waals surface area contributed by atoms with Gasteiger partial charge in [0.05, 0.1) is 4.92 Å². The summed E-state index contributed by atoms with van der Waals surface area (Å²) >= 11 is 0. The molecule has 19 heavy (non-hydrogen) atoms. The number of nitro groups is 1. The molecule has 7 heteroatoms. The number of nitro benzene ring substituents is 1. The fourth-order valence-electron chi connectivity index (χ4n) is 2.24. The third kappa shape index (κ3) is 2.99. The molecule has 0 aromatic heterocycles. The maximum atomic E-state index is 13.3. The normalized spacial score (nSPS) is 18.4. The Morgan fingerprint density at radius 2 is 2.00 bits per heavy atom. The molecule has 1 aliphatic rings. The molecule has 1 heterocycles. The van der Waals surface area contributed by atoms with Gasteiger partial charge in [0, 0.05) is 38.3 Å². The molecule has 1 aromatic carbocycles. The molecular formula is C12H16FN3O3. The lowest BCUT2D eigenvalue weighted by Gasteiger charge is -2.37. The third-order valence-electron chi connectivity index (χ3n) is 3.32. The molecule has 1 saturated heterocycles. The summed E-state index contributed by atoms with van der Waals surface area (Å²) in [6.07, 6.45) is -0.537. The largest absolute Gasteiger partial charge is 0.379 e. The summed E-state index contributed by atoms with van der Waals surface area (Å²) in [5.41, 5.74) is 0.210. The van der Waals surface area contributed by atoms with Crippen LogP contribution in [-0.4, -0.2) is 47.3 Å². The van der Waals surface area contributed by atoms with Gasteiger partial charge in [-0.15, -0.1) is 0 Å². The minimum Gasteiger partial charge on any atom is -0.379 e. The molecule has 1 atom stereocenters. The van der Waals surface area contributed by atoms with Crippen LogP contribution in [0, 0.1) is 15.9 Å². The van der Waals surface area contributed by atoms with E-state index in [1.54, 1.807) is 11.8 Å². The van der Waals surface area contributed by atoms with E-state index in [2.05, 4.69) is 0 Å². The number of anilines is 1. The summed E-state index contributed by atoms with van der Waals surface area (Å²) in [6.45, 7) is 3.90. The minimum absolute atomic E-state index is 0.0908. The van der Waals surface area contributed by atoms with Gasteiger partial charge in [0.25, 0.3) is 5.69 Å². The maximum Gasteiger partial charge on any atom is 0.292 e. The van der Waals surface area contributed by atoms with Crippen molar-refractivity contribution >= 4 is 11.4 Å². The van der Waals surface area contributed by atoms with Crippen molar-refractivity contribution in [2.24, 2.45) is 0 Å². The van der Waals surface area contributed by atoms with Crippen LogP contribution in [0.4, 0.5) is 15.8 Å². The van der Waals surface area contributed by atoms with Gasteiger partial charge >= 0.3 is 0 Å².